The summed E-state index contributed by atoms with van der Waals surface area (Å²) in [7, 11) is 0. The van der Waals surface area contributed by atoms with Gasteiger partial charge in [0.2, 0.25) is 0 Å². The van der Waals surface area contributed by atoms with Crippen LogP contribution in [0, 0.1) is 0 Å². The molecule has 3 nitrogen and oxygen atoms in total. The largest absolute Gasteiger partial charge is 0.372 e. The van der Waals surface area contributed by atoms with Crippen LogP contribution in [0.1, 0.15) is 26.2 Å². The van der Waals surface area contributed by atoms with Gasteiger partial charge in [0.05, 0.1) is 19.8 Å². The van der Waals surface area contributed by atoms with Crippen LogP contribution in [-0.4, -0.2) is 31.6 Å². The maximum absolute atomic E-state index is 5.64. The summed E-state index contributed by atoms with van der Waals surface area (Å²) in [5.74, 6) is 0. The van der Waals surface area contributed by atoms with E-state index in [1.54, 1.807) is 0 Å². The molecule has 0 aromatic rings. The van der Waals surface area contributed by atoms with E-state index in [4.69, 9.17) is 9.47 Å². The van der Waals surface area contributed by atoms with Crippen molar-refractivity contribution in [1.29, 1.82) is 0 Å². The second kappa shape index (κ2) is 3.32. The molecule has 3 heteroatoms. The molecule has 0 bridgehead atoms. The number of rotatable bonds is 2. The molecule has 1 unspecified atom stereocenters. The maximum atomic E-state index is 5.64. The first-order valence-electron chi connectivity index (χ1n) is 4.84. The molecule has 0 aliphatic carbocycles. The van der Waals surface area contributed by atoms with Gasteiger partial charge in [-0.2, -0.15) is 0 Å². The molecule has 2 rings (SSSR count). The van der Waals surface area contributed by atoms with E-state index < -0.39 is 0 Å². The number of hydrogen-bond acceptors (Lipinski definition) is 3. The first-order valence-corrected chi connectivity index (χ1v) is 4.84. The normalized spacial score (nSPS) is 33.2. The fourth-order valence-electron chi connectivity index (χ4n) is 1.90. The summed E-state index contributed by atoms with van der Waals surface area (Å²) in [4.78, 5) is 0. The van der Waals surface area contributed by atoms with Gasteiger partial charge in [0.15, 0.2) is 5.72 Å². The van der Waals surface area contributed by atoms with Crippen LogP contribution in [0.4, 0.5) is 0 Å². The summed E-state index contributed by atoms with van der Waals surface area (Å²) < 4.78 is 10.8. The highest BCUT2D eigenvalue weighted by Crippen LogP contribution is 2.25. The predicted octanol–water partition coefficient (Wildman–Crippen LogP) is 0.891. The minimum atomic E-state index is -0.0991. The smallest absolute Gasteiger partial charge is 0.166 e. The molecule has 0 radical (unpaired) electrons. The van der Waals surface area contributed by atoms with Crippen LogP contribution in [0.25, 0.3) is 0 Å². The molecule has 2 fully saturated rings. The summed E-state index contributed by atoms with van der Waals surface area (Å²) in [6.45, 7) is 4.57. The Morgan fingerprint density at radius 2 is 2.33 bits per heavy atom. The molecule has 2 aliphatic rings. The summed E-state index contributed by atoms with van der Waals surface area (Å²) >= 11 is 0. The van der Waals surface area contributed by atoms with Crippen molar-refractivity contribution >= 4 is 0 Å². The van der Waals surface area contributed by atoms with Crippen molar-refractivity contribution < 1.29 is 9.47 Å². The zero-order valence-electron chi connectivity index (χ0n) is 7.64. The molecule has 70 valence electrons. The first kappa shape index (κ1) is 8.48. The van der Waals surface area contributed by atoms with Crippen molar-refractivity contribution in [3.63, 3.8) is 0 Å². The molecular formula is C9H17NO2. The van der Waals surface area contributed by atoms with Crippen LogP contribution >= 0.6 is 0 Å². The summed E-state index contributed by atoms with van der Waals surface area (Å²) in [5.41, 5.74) is -0.0991. The van der Waals surface area contributed by atoms with E-state index in [0.29, 0.717) is 6.04 Å². The lowest BCUT2D eigenvalue weighted by Gasteiger charge is -2.47. The zero-order chi connectivity index (χ0) is 8.44. The average molecular weight is 171 g/mol. The van der Waals surface area contributed by atoms with Gasteiger partial charge in [-0.25, -0.2) is 0 Å². The van der Waals surface area contributed by atoms with Crippen molar-refractivity contribution in [2.24, 2.45) is 0 Å². The van der Waals surface area contributed by atoms with Gasteiger partial charge in [0.25, 0.3) is 0 Å². The topological polar surface area (TPSA) is 30.5 Å². The minimum absolute atomic E-state index is 0.0991. The molecule has 1 atom stereocenters. The van der Waals surface area contributed by atoms with Crippen molar-refractivity contribution in [3.8, 4) is 0 Å². The number of ether oxygens (including phenoxy) is 2. The molecule has 0 amide bonds. The van der Waals surface area contributed by atoms with E-state index in [9.17, 15) is 0 Å². The van der Waals surface area contributed by atoms with Crippen molar-refractivity contribution in [2.75, 3.05) is 19.8 Å². The Bertz CT molecular complexity index is 155. The van der Waals surface area contributed by atoms with Gasteiger partial charge in [-0.15, -0.1) is 0 Å². The summed E-state index contributed by atoms with van der Waals surface area (Å²) in [5, 5.41) is 3.52. The third-order valence-electron chi connectivity index (χ3n) is 2.62. The highest BCUT2D eigenvalue weighted by atomic mass is 16.6. The van der Waals surface area contributed by atoms with Gasteiger partial charge in [0, 0.05) is 6.04 Å². The van der Waals surface area contributed by atoms with E-state index >= 15 is 0 Å². The standard InChI is InChI=1S/C9H17NO2/c1-2-3-8-4-5-12-9(10-8)6-11-7-9/h8,10H,2-7H2,1H3. The van der Waals surface area contributed by atoms with Gasteiger partial charge >= 0.3 is 0 Å². The van der Waals surface area contributed by atoms with E-state index in [2.05, 4.69) is 12.2 Å². The van der Waals surface area contributed by atoms with Crippen molar-refractivity contribution in [2.45, 2.75) is 38.0 Å². The second-order valence-corrected chi connectivity index (χ2v) is 3.75. The Labute approximate surface area is 73.4 Å². The van der Waals surface area contributed by atoms with Gasteiger partial charge in [-0.3, -0.25) is 5.32 Å². The Hall–Kier alpha value is -0.120. The second-order valence-electron chi connectivity index (χ2n) is 3.75. The van der Waals surface area contributed by atoms with Gasteiger partial charge in [-0.1, -0.05) is 13.3 Å². The van der Waals surface area contributed by atoms with E-state index in [1.807, 2.05) is 0 Å². The van der Waals surface area contributed by atoms with Crippen molar-refractivity contribution in [3.05, 3.63) is 0 Å². The molecule has 1 spiro atoms. The molecule has 2 saturated heterocycles. The van der Waals surface area contributed by atoms with Gasteiger partial charge in [-0.05, 0) is 12.8 Å². The van der Waals surface area contributed by atoms with E-state index in [-0.39, 0.29) is 5.72 Å². The number of nitrogens with one attached hydrogen (secondary N) is 1. The highest BCUT2D eigenvalue weighted by molar-refractivity contribution is 4.91. The lowest BCUT2D eigenvalue weighted by Crippen LogP contribution is -2.67. The fraction of sp³-hybridized carbons (Fsp3) is 1.00. The molecule has 12 heavy (non-hydrogen) atoms. The fourth-order valence-corrected chi connectivity index (χ4v) is 1.90. The third-order valence-corrected chi connectivity index (χ3v) is 2.62. The molecule has 0 aromatic carbocycles. The molecule has 2 aliphatic heterocycles. The van der Waals surface area contributed by atoms with E-state index in [0.717, 1.165) is 26.2 Å². The number of hydrogen-bond donors (Lipinski definition) is 1. The Morgan fingerprint density at radius 3 is 2.92 bits per heavy atom. The quantitative estimate of drug-likeness (QED) is 0.669. The lowest BCUT2D eigenvalue weighted by molar-refractivity contribution is -0.246. The van der Waals surface area contributed by atoms with Gasteiger partial charge in [0.1, 0.15) is 0 Å². The SMILES string of the molecule is CCCC1CCOC2(COC2)N1. The predicted molar refractivity (Wildman–Crippen MR) is 46.0 cm³/mol. The van der Waals surface area contributed by atoms with Crippen LogP contribution < -0.4 is 5.32 Å². The summed E-state index contributed by atoms with van der Waals surface area (Å²) in [6.07, 6.45) is 3.65. The molecule has 1 N–H and O–H groups in total. The molecular weight excluding hydrogens is 154 g/mol. The van der Waals surface area contributed by atoms with Crippen LogP contribution in [0.5, 0.6) is 0 Å². The highest BCUT2D eigenvalue weighted by Gasteiger charge is 2.43. The summed E-state index contributed by atoms with van der Waals surface area (Å²) in [6, 6.07) is 0.646. The Kier molecular flexibility index (Phi) is 2.35. The Balaban J connectivity index is 1.85. The lowest BCUT2D eigenvalue weighted by atomic mass is 10.0. The average Bonchev–Trinajstić information content (AvgIpc) is 2.03. The monoisotopic (exact) mass is 171 g/mol. The minimum Gasteiger partial charge on any atom is -0.372 e. The zero-order valence-corrected chi connectivity index (χ0v) is 7.64. The van der Waals surface area contributed by atoms with Crippen LogP contribution in [0.2, 0.25) is 0 Å². The Morgan fingerprint density at radius 1 is 1.50 bits per heavy atom. The molecule has 0 aromatic heterocycles. The van der Waals surface area contributed by atoms with Gasteiger partial charge < -0.3 is 9.47 Å². The van der Waals surface area contributed by atoms with Crippen LogP contribution in [-0.2, 0) is 9.47 Å². The van der Waals surface area contributed by atoms with Crippen LogP contribution in [0.3, 0.4) is 0 Å². The first-order chi connectivity index (χ1) is 5.85. The molecule has 2 heterocycles. The van der Waals surface area contributed by atoms with E-state index in [1.165, 1.54) is 12.8 Å². The molecule has 0 saturated carbocycles. The van der Waals surface area contributed by atoms with Crippen LogP contribution in [0.15, 0.2) is 0 Å². The third kappa shape index (κ3) is 1.49. The maximum Gasteiger partial charge on any atom is 0.166 e. The van der Waals surface area contributed by atoms with Crippen molar-refractivity contribution in [1.82, 2.24) is 5.32 Å².